The van der Waals surface area contributed by atoms with Gasteiger partial charge < -0.3 is 9.84 Å². The van der Waals surface area contributed by atoms with Crippen LogP contribution in [-0.2, 0) is 25.5 Å². The van der Waals surface area contributed by atoms with Crippen LogP contribution in [0.3, 0.4) is 0 Å². The van der Waals surface area contributed by atoms with E-state index in [-0.39, 0.29) is 23.4 Å². The first kappa shape index (κ1) is 30.5. The molecule has 0 saturated carbocycles. The molecule has 0 radical (unpaired) electrons. The summed E-state index contributed by atoms with van der Waals surface area (Å²) in [6, 6.07) is 12.9. The smallest absolute Gasteiger partial charge is 0.297 e. The van der Waals surface area contributed by atoms with Crippen LogP contribution in [0.15, 0.2) is 78.0 Å². The van der Waals surface area contributed by atoms with E-state index in [4.69, 9.17) is 8.92 Å². The van der Waals surface area contributed by atoms with E-state index >= 15 is 0 Å². The Labute approximate surface area is 246 Å². The largest absolute Gasteiger partial charge is 0.390 e. The maximum Gasteiger partial charge on any atom is 0.297 e. The van der Waals surface area contributed by atoms with E-state index < -0.39 is 69.5 Å². The number of benzene rings is 2. The number of carbonyl (C=O) groups is 1. The Kier molecular flexibility index (Phi) is 9.02. The molecule has 0 spiro atoms. The van der Waals surface area contributed by atoms with Gasteiger partial charge in [0.1, 0.15) is 34.9 Å². The molecule has 4 aromatic rings. The van der Waals surface area contributed by atoms with Gasteiger partial charge in [0.25, 0.3) is 10.1 Å². The molecule has 3 heterocycles. The number of hydrogen-bond donors (Lipinski definition) is 1. The van der Waals surface area contributed by atoms with Crippen LogP contribution in [0.1, 0.15) is 46.1 Å². The molecular weight excluding hydrogens is 585 g/mol. The van der Waals surface area contributed by atoms with E-state index in [1.54, 1.807) is 18.2 Å². The summed E-state index contributed by atoms with van der Waals surface area (Å²) in [6.07, 6.45) is 0.747. The molecule has 224 valence electrons. The molecule has 0 unspecified atom stereocenters. The third-order valence-corrected chi connectivity index (χ3v) is 8.46. The van der Waals surface area contributed by atoms with E-state index in [9.17, 15) is 31.5 Å². The number of aryl methyl sites for hydroxylation is 1. The fourth-order valence-corrected chi connectivity index (χ4v) is 5.77. The first-order valence-electron chi connectivity index (χ1n) is 13.4. The molecule has 12 heteroatoms. The van der Waals surface area contributed by atoms with E-state index in [1.807, 2.05) is 6.92 Å². The van der Waals surface area contributed by atoms with Crippen molar-refractivity contribution in [3.63, 3.8) is 0 Å². The van der Waals surface area contributed by atoms with Crippen molar-refractivity contribution in [2.45, 2.75) is 49.4 Å². The van der Waals surface area contributed by atoms with Crippen molar-refractivity contribution in [2.24, 2.45) is 0 Å². The molecule has 3 atom stereocenters. The zero-order valence-corrected chi connectivity index (χ0v) is 23.7. The normalized spacial score (nSPS) is 18.9. The van der Waals surface area contributed by atoms with Crippen LogP contribution in [0.25, 0.3) is 11.3 Å². The first-order valence-corrected chi connectivity index (χ1v) is 14.8. The number of aliphatic hydroxyl groups excluding tert-OH is 1. The molecular formula is C31H27F3N2O6S. The summed E-state index contributed by atoms with van der Waals surface area (Å²) in [5.41, 5.74) is 0.398. The Hall–Kier alpha value is -3.97. The number of hydrogen-bond acceptors (Lipinski definition) is 8. The fraction of sp³-hybridized carbons (Fsp3) is 0.258. The summed E-state index contributed by atoms with van der Waals surface area (Å²) in [5, 5.41) is 10.5. The molecule has 1 fully saturated rings. The summed E-state index contributed by atoms with van der Waals surface area (Å²) in [4.78, 5) is 21.2. The minimum Gasteiger partial charge on any atom is -0.390 e. The second kappa shape index (κ2) is 12.7. The summed E-state index contributed by atoms with van der Waals surface area (Å²) >= 11 is 0. The van der Waals surface area contributed by atoms with Gasteiger partial charge in [-0.3, -0.25) is 14.0 Å². The highest BCUT2D eigenvalue weighted by Gasteiger charge is 2.34. The Bertz CT molecular complexity index is 1730. The SMILES string of the molecule is Cc1ccc(S(=O)(=O)OC[C@H]2O[C@@H](c3ccncc3CC(=O)c3ccc(F)c(-c4c(F)cccc4F)n3)CC[C@@H]2O)cc1. The van der Waals surface area contributed by atoms with Crippen molar-refractivity contribution >= 4 is 15.9 Å². The minimum atomic E-state index is -4.10. The van der Waals surface area contributed by atoms with Gasteiger partial charge >= 0.3 is 0 Å². The number of nitrogens with zero attached hydrogens (tertiary/aromatic N) is 2. The lowest BCUT2D eigenvalue weighted by Gasteiger charge is -2.34. The molecule has 1 N–H and O–H groups in total. The lowest BCUT2D eigenvalue weighted by Crippen LogP contribution is -2.39. The molecule has 1 saturated heterocycles. The molecule has 2 aromatic carbocycles. The number of aromatic nitrogens is 2. The van der Waals surface area contributed by atoms with Gasteiger partial charge in [-0.15, -0.1) is 0 Å². The topological polar surface area (TPSA) is 116 Å². The highest BCUT2D eigenvalue weighted by molar-refractivity contribution is 7.86. The first-order chi connectivity index (χ1) is 20.5. The summed E-state index contributed by atoms with van der Waals surface area (Å²) in [6.45, 7) is 1.40. The van der Waals surface area contributed by atoms with Gasteiger partial charge in [0, 0.05) is 18.8 Å². The van der Waals surface area contributed by atoms with Crippen LogP contribution in [0.4, 0.5) is 13.2 Å². The lowest BCUT2D eigenvalue weighted by atomic mass is 9.92. The van der Waals surface area contributed by atoms with Crippen LogP contribution in [0.5, 0.6) is 0 Å². The fourth-order valence-electron chi connectivity index (χ4n) is 4.85. The molecule has 1 aliphatic heterocycles. The van der Waals surface area contributed by atoms with E-state index in [2.05, 4.69) is 9.97 Å². The molecule has 0 aliphatic carbocycles. The third kappa shape index (κ3) is 6.83. The number of aliphatic hydroxyl groups is 1. The average Bonchev–Trinajstić information content (AvgIpc) is 2.98. The average molecular weight is 613 g/mol. The lowest BCUT2D eigenvalue weighted by molar-refractivity contribution is -0.131. The number of pyridine rings is 2. The van der Waals surface area contributed by atoms with Crippen LogP contribution in [0, 0.1) is 24.4 Å². The number of ketones is 1. The van der Waals surface area contributed by atoms with Gasteiger partial charge in [0.15, 0.2) is 5.78 Å². The molecule has 5 rings (SSSR count). The maximum absolute atomic E-state index is 14.5. The summed E-state index contributed by atoms with van der Waals surface area (Å²) in [7, 11) is -4.10. The molecule has 2 aromatic heterocycles. The van der Waals surface area contributed by atoms with Crippen molar-refractivity contribution in [1.29, 1.82) is 0 Å². The van der Waals surface area contributed by atoms with Crippen molar-refractivity contribution in [2.75, 3.05) is 6.61 Å². The zero-order chi connectivity index (χ0) is 30.7. The second-order valence-electron chi connectivity index (χ2n) is 10.2. The molecule has 43 heavy (non-hydrogen) atoms. The minimum absolute atomic E-state index is 0.0230. The van der Waals surface area contributed by atoms with Crippen LogP contribution < -0.4 is 0 Å². The Morgan fingerprint density at radius 1 is 1.00 bits per heavy atom. The van der Waals surface area contributed by atoms with Gasteiger partial charge in [-0.1, -0.05) is 23.8 Å². The summed E-state index contributed by atoms with van der Waals surface area (Å²) in [5.74, 6) is -3.60. The molecule has 0 amide bonds. The molecule has 1 aliphatic rings. The quantitative estimate of drug-likeness (QED) is 0.201. The predicted molar refractivity (Wildman–Crippen MR) is 149 cm³/mol. The van der Waals surface area contributed by atoms with Crippen molar-refractivity contribution in [1.82, 2.24) is 9.97 Å². The summed E-state index contributed by atoms with van der Waals surface area (Å²) < 4.78 is 79.7. The second-order valence-corrected chi connectivity index (χ2v) is 11.8. The van der Waals surface area contributed by atoms with Gasteiger partial charge in [0.05, 0.1) is 29.3 Å². The van der Waals surface area contributed by atoms with Crippen LogP contribution in [-0.4, -0.2) is 48.1 Å². The van der Waals surface area contributed by atoms with Crippen LogP contribution >= 0.6 is 0 Å². The maximum atomic E-state index is 14.5. The number of carbonyl (C=O) groups excluding carboxylic acids is 1. The third-order valence-electron chi connectivity index (χ3n) is 7.16. The van der Waals surface area contributed by atoms with Gasteiger partial charge in [-0.2, -0.15) is 8.42 Å². The highest BCUT2D eigenvalue weighted by Crippen LogP contribution is 2.34. The van der Waals surface area contributed by atoms with E-state index in [0.29, 0.717) is 17.5 Å². The number of rotatable bonds is 9. The van der Waals surface area contributed by atoms with Gasteiger partial charge in [-0.05, 0) is 73.4 Å². The van der Waals surface area contributed by atoms with Crippen molar-refractivity contribution in [3.8, 4) is 11.3 Å². The Morgan fingerprint density at radius 2 is 1.72 bits per heavy atom. The molecule has 8 nitrogen and oxygen atoms in total. The van der Waals surface area contributed by atoms with E-state index in [1.165, 1.54) is 24.5 Å². The van der Waals surface area contributed by atoms with Gasteiger partial charge in [-0.25, -0.2) is 18.2 Å². The Morgan fingerprint density at radius 3 is 2.44 bits per heavy atom. The Balaban J connectivity index is 1.33. The standard InChI is InChI=1S/C31H27F3N2O6S/c1-18-5-7-20(8-6-18)43(39,40)41-17-29-26(37)11-12-28(42-29)21-13-14-35-16-19(21)15-27(38)25-10-9-24(34)31(36-25)30-22(32)3-2-4-23(30)33/h2-10,13-14,16,26,28-29,37H,11-12,15,17H2,1H3/t26-,28+,29+/m0/s1. The number of halogens is 3. The zero-order valence-electron chi connectivity index (χ0n) is 22.9. The molecule has 0 bridgehead atoms. The number of Topliss-reactive ketones (excluding diaryl/α,β-unsaturated/α-hetero) is 1. The number of ether oxygens (including phenoxy) is 1. The van der Waals surface area contributed by atoms with Crippen molar-refractivity contribution < 1.29 is 40.4 Å². The van der Waals surface area contributed by atoms with E-state index in [0.717, 1.165) is 35.9 Å². The highest BCUT2D eigenvalue weighted by atomic mass is 32.2. The van der Waals surface area contributed by atoms with Gasteiger partial charge in [0.2, 0.25) is 0 Å². The van der Waals surface area contributed by atoms with Crippen LogP contribution in [0.2, 0.25) is 0 Å². The monoisotopic (exact) mass is 612 g/mol. The predicted octanol–water partition coefficient (Wildman–Crippen LogP) is 5.28. The van der Waals surface area contributed by atoms with Crippen molar-refractivity contribution in [3.05, 3.63) is 113 Å².